The van der Waals surface area contributed by atoms with Crippen LogP contribution >= 0.6 is 11.3 Å². The number of ether oxygens (including phenoxy) is 1. The van der Waals surface area contributed by atoms with E-state index < -0.39 is 0 Å². The van der Waals surface area contributed by atoms with Crippen LogP contribution in [0.5, 0.6) is 5.75 Å². The van der Waals surface area contributed by atoms with Crippen molar-refractivity contribution < 1.29 is 4.74 Å². The van der Waals surface area contributed by atoms with Crippen LogP contribution in [0.25, 0.3) is 52.8 Å². The predicted molar refractivity (Wildman–Crippen MR) is 208 cm³/mol. The van der Waals surface area contributed by atoms with Crippen LogP contribution in [0.2, 0.25) is 0 Å². The zero-order valence-corrected chi connectivity index (χ0v) is 27.3. The molecule has 1 aliphatic rings. The van der Waals surface area contributed by atoms with E-state index in [1.807, 2.05) is 11.3 Å². The van der Waals surface area contributed by atoms with Crippen molar-refractivity contribution in [3.63, 3.8) is 0 Å². The smallest absolute Gasteiger partial charge is 0.198 e. The molecule has 1 aliphatic heterocycles. The molecule has 9 aromatic rings. The van der Waals surface area contributed by atoms with Gasteiger partial charge in [0.05, 0.1) is 11.4 Å². The Morgan fingerprint density at radius 2 is 1.18 bits per heavy atom. The largest absolute Gasteiger partial charge is 0.464 e. The van der Waals surface area contributed by atoms with Gasteiger partial charge in [0.2, 0.25) is 0 Å². The molecule has 0 aliphatic carbocycles. The monoisotopic (exact) mass is 646 g/mol. The van der Waals surface area contributed by atoms with Gasteiger partial charge in [-0.25, -0.2) is 0 Å². The number of nitrogens with one attached hydrogen (secondary N) is 1. The van der Waals surface area contributed by atoms with Crippen molar-refractivity contribution in [2.45, 2.75) is 6.23 Å². The summed E-state index contributed by atoms with van der Waals surface area (Å²) in [6, 6.07) is 60.8. The van der Waals surface area contributed by atoms with Crippen LogP contribution in [-0.2, 0) is 0 Å². The molecule has 0 bridgehead atoms. The Balaban J connectivity index is 1.04. The number of benzene rings is 8. The molecular formula is C45H30N2OS. The van der Waals surface area contributed by atoms with Gasteiger partial charge in [0.1, 0.15) is 0 Å². The van der Waals surface area contributed by atoms with E-state index in [4.69, 9.17) is 4.74 Å². The lowest BCUT2D eigenvalue weighted by molar-refractivity contribution is 0.263. The molecule has 0 spiro atoms. The van der Waals surface area contributed by atoms with Crippen LogP contribution in [0, 0.1) is 0 Å². The molecule has 1 atom stereocenters. The number of nitrogens with zero attached hydrogens (tertiary/aromatic N) is 1. The third-order valence-electron chi connectivity index (χ3n) is 9.70. The molecule has 2 heterocycles. The molecule has 0 amide bonds. The van der Waals surface area contributed by atoms with Crippen molar-refractivity contribution in [1.82, 2.24) is 0 Å². The summed E-state index contributed by atoms with van der Waals surface area (Å²) in [7, 11) is 0. The summed E-state index contributed by atoms with van der Waals surface area (Å²) in [5, 5.41) is 11.1. The topological polar surface area (TPSA) is 24.5 Å². The number of para-hydroxylation sites is 2. The Labute approximate surface area is 288 Å². The summed E-state index contributed by atoms with van der Waals surface area (Å²) in [6.45, 7) is 0. The summed E-state index contributed by atoms with van der Waals surface area (Å²) >= 11 is 1.86. The summed E-state index contributed by atoms with van der Waals surface area (Å²) in [5.74, 6) is 0.903. The predicted octanol–water partition coefficient (Wildman–Crippen LogP) is 13.0. The molecule has 0 saturated carbocycles. The second-order valence-corrected chi connectivity index (χ2v) is 13.6. The Bertz CT molecular complexity index is 2680. The Hall–Kier alpha value is -6.10. The van der Waals surface area contributed by atoms with Crippen molar-refractivity contribution in [3.05, 3.63) is 175 Å². The van der Waals surface area contributed by atoms with E-state index in [1.54, 1.807) is 0 Å². The minimum atomic E-state index is -0.353. The quantitative estimate of drug-likeness (QED) is 0.188. The summed E-state index contributed by atoms with van der Waals surface area (Å²) < 4.78 is 9.51. The SMILES string of the molecule is c1ccc(N(c2ccc(-c3ccc4c(c3)sc3ccccc34)cc2)c2ccccc2C2Nc3ccc4ccc5ccccc5c4c3O2)cc1. The molecule has 10 rings (SSSR count). The minimum absolute atomic E-state index is 0.353. The highest BCUT2D eigenvalue weighted by molar-refractivity contribution is 7.25. The van der Waals surface area contributed by atoms with Crippen LogP contribution in [0.1, 0.15) is 11.8 Å². The first-order valence-electron chi connectivity index (χ1n) is 16.6. The van der Waals surface area contributed by atoms with Crippen LogP contribution < -0.4 is 15.0 Å². The molecule has 4 heteroatoms. The summed E-state index contributed by atoms with van der Waals surface area (Å²) in [5.41, 5.74) is 7.72. The van der Waals surface area contributed by atoms with Crippen LogP contribution in [0.15, 0.2) is 170 Å². The van der Waals surface area contributed by atoms with Crippen LogP contribution in [-0.4, -0.2) is 0 Å². The first kappa shape index (κ1) is 28.0. The van der Waals surface area contributed by atoms with E-state index in [0.717, 1.165) is 39.4 Å². The lowest BCUT2D eigenvalue weighted by Crippen LogP contribution is -2.17. The fraction of sp³-hybridized carbons (Fsp3) is 0.0222. The summed E-state index contributed by atoms with van der Waals surface area (Å²) in [6.07, 6.45) is -0.353. The average Bonchev–Trinajstić information content (AvgIpc) is 3.77. The third-order valence-corrected chi connectivity index (χ3v) is 10.8. The van der Waals surface area contributed by atoms with Crippen LogP contribution in [0.4, 0.5) is 22.7 Å². The zero-order valence-electron chi connectivity index (χ0n) is 26.5. The number of fused-ring (bicyclic) bond motifs is 8. The average molecular weight is 647 g/mol. The number of thiophene rings is 1. The van der Waals surface area contributed by atoms with Gasteiger partial charge in [-0.1, -0.05) is 121 Å². The number of hydrogen-bond acceptors (Lipinski definition) is 4. The molecule has 3 nitrogen and oxygen atoms in total. The van der Waals surface area contributed by atoms with Gasteiger partial charge >= 0.3 is 0 Å². The number of hydrogen-bond donors (Lipinski definition) is 1. The maximum Gasteiger partial charge on any atom is 0.198 e. The first-order valence-corrected chi connectivity index (χ1v) is 17.4. The molecule has 1 N–H and O–H groups in total. The van der Waals surface area contributed by atoms with Gasteiger partial charge in [0.25, 0.3) is 0 Å². The lowest BCUT2D eigenvalue weighted by atomic mass is 10.0. The maximum absolute atomic E-state index is 6.87. The van der Waals surface area contributed by atoms with E-state index >= 15 is 0 Å². The van der Waals surface area contributed by atoms with Gasteiger partial charge < -0.3 is 15.0 Å². The second-order valence-electron chi connectivity index (χ2n) is 12.6. The molecule has 8 aromatic carbocycles. The summed E-state index contributed by atoms with van der Waals surface area (Å²) in [4.78, 5) is 2.33. The van der Waals surface area contributed by atoms with E-state index in [2.05, 4.69) is 180 Å². The van der Waals surface area contributed by atoms with Crippen molar-refractivity contribution in [1.29, 1.82) is 0 Å². The van der Waals surface area contributed by atoms with E-state index in [1.165, 1.54) is 47.5 Å². The molecule has 232 valence electrons. The Kier molecular flexibility index (Phi) is 6.42. The van der Waals surface area contributed by atoms with Gasteiger partial charge in [0, 0.05) is 42.5 Å². The first-order chi connectivity index (χ1) is 24.3. The highest BCUT2D eigenvalue weighted by Gasteiger charge is 2.29. The maximum atomic E-state index is 6.87. The van der Waals surface area contributed by atoms with Gasteiger partial charge in [-0.2, -0.15) is 0 Å². The molecule has 1 unspecified atom stereocenters. The number of rotatable bonds is 5. The molecule has 0 radical (unpaired) electrons. The van der Waals surface area contributed by atoms with Crippen LogP contribution in [0.3, 0.4) is 0 Å². The normalized spacial score (nSPS) is 13.8. The van der Waals surface area contributed by atoms with Crippen molar-refractivity contribution >= 4 is 75.8 Å². The number of anilines is 4. The van der Waals surface area contributed by atoms with Crippen molar-refractivity contribution in [3.8, 4) is 16.9 Å². The van der Waals surface area contributed by atoms with E-state index in [-0.39, 0.29) is 6.23 Å². The van der Waals surface area contributed by atoms with Crippen molar-refractivity contribution in [2.24, 2.45) is 0 Å². The molecule has 0 saturated heterocycles. The van der Waals surface area contributed by atoms with Crippen molar-refractivity contribution in [2.75, 3.05) is 10.2 Å². The van der Waals surface area contributed by atoms with Gasteiger partial charge in [-0.15, -0.1) is 11.3 Å². The Morgan fingerprint density at radius 1 is 0.510 bits per heavy atom. The fourth-order valence-corrected chi connectivity index (χ4v) is 8.50. The third kappa shape index (κ3) is 4.64. The molecular weight excluding hydrogens is 617 g/mol. The van der Waals surface area contributed by atoms with Gasteiger partial charge in [-0.05, 0) is 75.8 Å². The highest BCUT2D eigenvalue weighted by Crippen LogP contribution is 2.48. The zero-order chi connectivity index (χ0) is 32.3. The molecule has 1 aromatic heterocycles. The minimum Gasteiger partial charge on any atom is -0.464 e. The fourth-order valence-electron chi connectivity index (χ4n) is 7.36. The lowest BCUT2D eigenvalue weighted by Gasteiger charge is -2.29. The molecule has 49 heavy (non-hydrogen) atoms. The van der Waals surface area contributed by atoms with E-state index in [0.29, 0.717) is 0 Å². The van der Waals surface area contributed by atoms with E-state index in [9.17, 15) is 0 Å². The second kappa shape index (κ2) is 11.3. The molecule has 0 fully saturated rings. The van der Waals surface area contributed by atoms with Gasteiger partial charge in [0.15, 0.2) is 12.0 Å². The van der Waals surface area contributed by atoms with Gasteiger partial charge in [-0.3, -0.25) is 0 Å². The highest BCUT2D eigenvalue weighted by atomic mass is 32.1. The Morgan fingerprint density at radius 3 is 2.08 bits per heavy atom. The standard InChI is InChI=1S/C45H30N2OS/c1-2-11-33(12-3-1)47(34-24-20-29(21-25-34)32-22-26-37-36-14-7-9-17-41(36)49-42(37)28-32)40-16-8-6-15-38(40)45-46-39-27-23-31-19-18-30-10-4-5-13-35(30)43(31)44(39)48-45/h1-28,45-46H.